The first-order chi connectivity index (χ1) is 18.1. The van der Waals surface area contributed by atoms with E-state index in [-0.39, 0.29) is 29.6 Å². The number of likely N-dealkylation sites (tertiary alicyclic amines) is 1. The third-order valence-electron chi connectivity index (χ3n) is 7.60. The zero-order valence-corrected chi connectivity index (χ0v) is 21.2. The van der Waals surface area contributed by atoms with Crippen molar-refractivity contribution in [3.8, 4) is 0 Å². The van der Waals surface area contributed by atoms with Crippen molar-refractivity contribution in [1.82, 2.24) is 20.5 Å². The number of benzene rings is 1. The highest BCUT2D eigenvalue weighted by molar-refractivity contribution is 5.99. The van der Waals surface area contributed by atoms with Gasteiger partial charge in [0.2, 0.25) is 0 Å². The Morgan fingerprint density at radius 1 is 0.865 bits per heavy atom. The van der Waals surface area contributed by atoms with Crippen LogP contribution in [0.25, 0.3) is 0 Å². The van der Waals surface area contributed by atoms with Gasteiger partial charge < -0.3 is 25.2 Å². The summed E-state index contributed by atoms with van der Waals surface area (Å²) in [4.78, 5) is 46.9. The van der Waals surface area contributed by atoms with Crippen molar-refractivity contribution >= 4 is 23.3 Å². The van der Waals surface area contributed by atoms with E-state index >= 15 is 0 Å². The number of rotatable bonds is 6. The molecule has 3 fully saturated rings. The molecule has 0 saturated carbocycles. The molecule has 2 aromatic rings. The second-order valence-electron chi connectivity index (χ2n) is 10.0. The van der Waals surface area contributed by atoms with Crippen molar-refractivity contribution in [2.75, 3.05) is 57.4 Å². The van der Waals surface area contributed by atoms with Crippen LogP contribution < -0.4 is 15.5 Å². The fourth-order valence-corrected chi connectivity index (χ4v) is 5.30. The van der Waals surface area contributed by atoms with E-state index in [2.05, 4.69) is 20.5 Å². The normalized spacial score (nSPS) is 19.5. The number of ketones is 1. The van der Waals surface area contributed by atoms with E-state index in [1.54, 1.807) is 17.0 Å². The first kappa shape index (κ1) is 25.4. The number of hydrogen-bond donors (Lipinski definition) is 2. The lowest BCUT2D eigenvalue weighted by molar-refractivity contribution is 0.0649. The summed E-state index contributed by atoms with van der Waals surface area (Å²) in [6.07, 6.45) is 4.56. The Labute approximate surface area is 217 Å². The van der Waals surface area contributed by atoms with Crippen LogP contribution in [0.4, 0.5) is 5.69 Å². The first-order valence-corrected chi connectivity index (χ1v) is 13.3. The molecule has 2 amide bonds. The highest BCUT2D eigenvalue weighted by atomic mass is 16.5. The van der Waals surface area contributed by atoms with Crippen LogP contribution in [0.2, 0.25) is 0 Å². The molecule has 37 heavy (non-hydrogen) atoms. The van der Waals surface area contributed by atoms with Gasteiger partial charge in [0.1, 0.15) is 5.69 Å². The molecular formula is C28H35N5O4. The Hall–Kier alpha value is -3.30. The van der Waals surface area contributed by atoms with E-state index in [1.807, 2.05) is 24.3 Å². The van der Waals surface area contributed by atoms with Crippen LogP contribution >= 0.6 is 0 Å². The molecular weight excluding hydrogens is 470 g/mol. The number of carbonyl (C=O) groups is 3. The minimum Gasteiger partial charge on any atom is -0.378 e. The molecule has 1 aromatic carbocycles. The molecule has 0 bridgehead atoms. The number of carbonyl (C=O) groups excluding carboxylic acids is 3. The summed E-state index contributed by atoms with van der Waals surface area (Å²) in [5.41, 5.74) is 2.62. The third-order valence-corrected chi connectivity index (χ3v) is 7.60. The molecule has 0 atom stereocenters. The van der Waals surface area contributed by atoms with Gasteiger partial charge in [-0.05, 0) is 75.2 Å². The number of nitrogens with one attached hydrogen (secondary N) is 2. The second-order valence-corrected chi connectivity index (χ2v) is 10.0. The number of aromatic nitrogens is 1. The van der Waals surface area contributed by atoms with Gasteiger partial charge in [-0.3, -0.25) is 19.4 Å². The summed E-state index contributed by atoms with van der Waals surface area (Å²) in [5, 5.41) is 6.30. The SMILES string of the molecule is O=C(NC1CCNCC1)c1ccc(C(=O)N2CCC(C(=O)c3ccc(N4CCOCC4)cc3)CC2)cn1. The Bertz CT molecular complexity index is 1080. The van der Waals surface area contributed by atoms with E-state index in [9.17, 15) is 14.4 Å². The van der Waals surface area contributed by atoms with Gasteiger partial charge in [0.05, 0.1) is 18.8 Å². The van der Waals surface area contributed by atoms with Gasteiger partial charge in [-0.1, -0.05) is 0 Å². The maximum Gasteiger partial charge on any atom is 0.270 e. The van der Waals surface area contributed by atoms with Crippen LogP contribution in [0.1, 0.15) is 56.9 Å². The van der Waals surface area contributed by atoms with Crippen molar-refractivity contribution in [3.05, 3.63) is 59.4 Å². The van der Waals surface area contributed by atoms with Gasteiger partial charge in [-0.2, -0.15) is 0 Å². The Balaban J connectivity index is 1.11. The van der Waals surface area contributed by atoms with Crippen molar-refractivity contribution < 1.29 is 19.1 Å². The van der Waals surface area contributed by atoms with Gasteiger partial charge in [0.25, 0.3) is 11.8 Å². The first-order valence-electron chi connectivity index (χ1n) is 13.3. The number of anilines is 1. The van der Waals surface area contributed by atoms with Crippen LogP contribution in [0, 0.1) is 5.92 Å². The van der Waals surface area contributed by atoms with Crippen LogP contribution in [0.15, 0.2) is 42.6 Å². The predicted octanol–water partition coefficient (Wildman–Crippen LogP) is 2.14. The van der Waals surface area contributed by atoms with Crippen LogP contribution in [0.5, 0.6) is 0 Å². The summed E-state index contributed by atoms with van der Waals surface area (Å²) in [6.45, 7) is 6.04. The molecule has 0 radical (unpaired) electrons. The van der Waals surface area contributed by atoms with Crippen LogP contribution in [-0.2, 0) is 4.74 Å². The standard InChI is InChI=1S/C28H35N5O4/c34-26(20-1-4-24(5-2-20)32-15-17-37-18-16-32)21-9-13-33(14-10-21)28(36)22-3-6-25(30-19-22)27(35)31-23-7-11-29-12-8-23/h1-6,19,21,23,29H,7-18H2,(H,31,35). The summed E-state index contributed by atoms with van der Waals surface area (Å²) in [7, 11) is 0. The Kier molecular flexibility index (Phi) is 8.11. The maximum absolute atomic E-state index is 13.1. The van der Waals surface area contributed by atoms with E-state index in [0.29, 0.717) is 37.2 Å². The van der Waals surface area contributed by atoms with E-state index in [0.717, 1.165) is 63.5 Å². The third kappa shape index (κ3) is 6.17. The monoisotopic (exact) mass is 505 g/mol. The average molecular weight is 506 g/mol. The van der Waals surface area contributed by atoms with Crippen molar-refractivity contribution in [1.29, 1.82) is 0 Å². The Morgan fingerprint density at radius 3 is 2.19 bits per heavy atom. The number of morpholine rings is 1. The van der Waals surface area contributed by atoms with Gasteiger partial charge in [-0.25, -0.2) is 0 Å². The van der Waals surface area contributed by atoms with Gasteiger partial charge in [-0.15, -0.1) is 0 Å². The fourth-order valence-electron chi connectivity index (χ4n) is 5.30. The molecule has 2 N–H and O–H groups in total. The summed E-state index contributed by atoms with van der Waals surface area (Å²) >= 11 is 0. The molecule has 9 nitrogen and oxygen atoms in total. The van der Waals surface area contributed by atoms with Gasteiger partial charge in [0, 0.05) is 55.6 Å². The largest absolute Gasteiger partial charge is 0.378 e. The molecule has 5 rings (SSSR count). The number of amides is 2. The number of pyridine rings is 1. The van der Waals surface area contributed by atoms with Crippen molar-refractivity contribution in [2.45, 2.75) is 31.7 Å². The van der Waals surface area contributed by atoms with Crippen molar-refractivity contribution in [2.24, 2.45) is 5.92 Å². The van der Waals surface area contributed by atoms with E-state index in [4.69, 9.17) is 4.74 Å². The summed E-state index contributed by atoms with van der Waals surface area (Å²) in [5.74, 6) is -0.259. The van der Waals surface area contributed by atoms with Gasteiger partial charge >= 0.3 is 0 Å². The number of Topliss-reactive ketones (excluding diaryl/α,β-unsaturated/α-hetero) is 1. The van der Waals surface area contributed by atoms with E-state index in [1.165, 1.54) is 6.20 Å². The molecule has 0 spiro atoms. The number of ether oxygens (including phenoxy) is 1. The lowest BCUT2D eigenvalue weighted by Gasteiger charge is -2.31. The van der Waals surface area contributed by atoms with Crippen molar-refractivity contribution in [3.63, 3.8) is 0 Å². The predicted molar refractivity (Wildman–Crippen MR) is 140 cm³/mol. The fraction of sp³-hybridized carbons (Fsp3) is 0.500. The highest BCUT2D eigenvalue weighted by Gasteiger charge is 2.29. The molecule has 9 heteroatoms. The number of hydrogen-bond acceptors (Lipinski definition) is 7. The quantitative estimate of drug-likeness (QED) is 0.580. The van der Waals surface area contributed by atoms with Crippen LogP contribution in [0.3, 0.4) is 0 Å². The average Bonchev–Trinajstić information content (AvgIpc) is 2.97. The lowest BCUT2D eigenvalue weighted by atomic mass is 9.88. The van der Waals surface area contributed by atoms with Gasteiger partial charge in [0.15, 0.2) is 5.78 Å². The lowest BCUT2D eigenvalue weighted by Crippen LogP contribution is -2.43. The zero-order valence-electron chi connectivity index (χ0n) is 21.2. The molecule has 0 unspecified atom stereocenters. The minimum atomic E-state index is -0.205. The number of nitrogens with zero attached hydrogens (tertiary/aromatic N) is 3. The topological polar surface area (TPSA) is 104 Å². The van der Waals surface area contributed by atoms with E-state index < -0.39 is 0 Å². The number of piperidine rings is 2. The molecule has 3 aliphatic rings. The molecule has 3 saturated heterocycles. The molecule has 1 aromatic heterocycles. The molecule has 0 aliphatic carbocycles. The smallest absolute Gasteiger partial charge is 0.270 e. The maximum atomic E-state index is 13.1. The highest BCUT2D eigenvalue weighted by Crippen LogP contribution is 2.25. The zero-order chi connectivity index (χ0) is 25.6. The molecule has 4 heterocycles. The second kappa shape index (κ2) is 11.8. The summed E-state index contributed by atoms with van der Waals surface area (Å²) in [6, 6.07) is 11.3. The van der Waals surface area contributed by atoms with Crippen LogP contribution in [-0.4, -0.2) is 86.0 Å². The minimum absolute atomic E-state index is 0.0857. The molecule has 196 valence electrons. The summed E-state index contributed by atoms with van der Waals surface area (Å²) < 4.78 is 5.41. The Morgan fingerprint density at radius 2 is 1.54 bits per heavy atom. The molecule has 3 aliphatic heterocycles.